The van der Waals surface area contributed by atoms with E-state index < -0.39 is 0 Å². The van der Waals surface area contributed by atoms with Gasteiger partial charge in [0.05, 0.1) is 34.2 Å². The number of hydrogen-bond acceptors (Lipinski definition) is 4. The fourth-order valence-corrected chi connectivity index (χ4v) is 4.77. The average molecular weight is 458 g/mol. The van der Waals surface area contributed by atoms with Crippen molar-refractivity contribution < 1.29 is 9.53 Å². The molecule has 6 aromatic rings. The van der Waals surface area contributed by atoms with E-state index in [0.717, 1.165) is 54.9 Å². The van der Waals surface area contributed by atoms with Gasteiger partial charge in [-0.1, -0.05) is 54.6 Å². The highest BCUT2D eigenvalue weighted by molar-refractivity contribution is 6.27. The van der Waals surface area contributed by atoms with E-state index in [1.54, 1.807) is 0 Å². The minimum atomic E-state index is -0.362. The lowest BCUT2D eigenvalue weighted by Crippen LogP contribution is -2.07. The standard InChI is InChI=1S/C30H23N3O2/c1-3-35-30(34)24(16-19-18-33(2)28-15-9-6-10-20(19)28)23-17-27-29(22-12-5-4-11-21(22)23)32-26-14-8-7-13-25(26)31-27/h4-18H,3H2,1-2H3/b24-16-. The van der Waals surface area contributed by atoms with Crippen molar-refractivity contribution in [3.8, 4) is 0 Å². The monoisotopic (exact) mass is 457 g/mol. The second-order valence-electron chi connectivity index (χ2n) is 8.54. The van der Waals surface area contributed by atoms with Gasteiger partial charge in [-0.2, -0.15) is 0 Å². The van der Waals surface area contributed by atoms with Gasteiger partial charge >= 0.3 is 5.97 Å². The SMILES string of the molecule is CCOC(=O)/C(=C\c1cn(C)c2ccccc12)c1cc2nc3ccccc3nc2c2ccccc12. The van der Waals surface area contributed by atoms with Crippen LogP contribution in [0.4, 0.5) is 0 Å². The molecule has 35 heavy (non-hydrogen) atoms. The molecule has 0 radical (unpaired) electrons. The first-order chi connectivity index (χ1) is 17.1. The summed E-state index contributed by atoms with van der Waals surface area (Å²) in [4.78, 5) is 23.2. The number of esters is 1. The third kappa shape index (κ3) is 3.53. The van der Waals surface area contributed by atoms with Gasteiger partial charge in [0.1, 0.15) is 0 Å². The highest BCUT2D eigenvalue weighted by atomic mass is 16.5. The fraction of sp³-hybridized carbons (Fsp3) is 0.100. The van der Waals surface area contributed by atoms with Gasteiger partial charge in [-0.15, -0.1) is 0 Å². The number of nitrogens with zero attached hydrogens (tertiary/aromatic N) is 3. The summed E-state index contributed by atoms with van der Waals surface area (Å²) >= 11 is 0. The van der Waals surface area contributed by atoms with Crippen LogP contribution in [-0.2, 0) is 16.6 Å². The Morgan fingerprint density at radius 1 is 0.857 bits per heavy atom. The van der Waals surface area contributed by atoms with Crippen molar-refractivity contribution in [3.05, 3.63) is 96.2 Å². The van der Waals surface area contributed by atoms with Crippen LogP contribution in [0.25, 0.3) is 55.4 Å². The van der Waals surface area contributed by atoms with E-state index in [9.17, 15) is 4.79 Å². The van der Waals surface area contributed by atoms with Crippen molar-refractivity contribution in [1.29, 1.82) is 0 Å². The summed E-state index contributed by atoms with van der Waals surface area (Å²) in [5, 5.41) is 2.96. The molecule has 170 valence electrons. The summed E-state index contributed by atoms with van der Waals surface area (Å²) in [6.07, 6.45) is 3.98. The number of benzene rings is 4. The smallest absolute Gasteiger partial charge is 0.338 e. The molecule has 0 amide bonds. The van der Waals surface area contributed by atoms with E-state index in [2.05, 4.69) is 16.7 Å². The quantitative estimate of drug-likeness (QED) is 0.131. The number of aryl methyl sites for hydroxylation is 1. The Morgan fingerprint density at radius 2 is 1.51 bits per heavy atom. The highest BCUT2D eigenvalue weighted by Crippen LogP contribution is 2.34. The molecule has 0 saturated carbocycles. The normalized spacial score (nSPS) is 12.1. The predicted octanol–water partition coefficient (Wildman–Crippen LogP) is 6.53. The number of rotatable bonds is 4. The number of carbonyl (C=O) groups excluding carboxylic acids is 1. The number of aromatic nitrogens is 3. The third-order valence-corrected chi connectivity index (χ3v) is 6.36. The topological polar surface area (TPSA) is 57.0 Å². The lowest BCUT2D eigenvalue weighted by Gasteiger charge is -2.13. The first-order valence-electron chi connectivity index (χ1n) is 11.7. The zero-order valence-electron chi connectivity index (χ0n) is 19.5. The van der Waals surface area contributed by atoms with E-state index in [-0.39, 0.29) is 5.97 Å². The minimum absolute atomic E-state index is 0.293. The largest absolute Gasteiger partial charge is 0.462 e. The van der Waals surface area contributed by atoms with Gasteiger partial charge in [-0.3, -0.25) is 0 Å². The number of ether oxygens (including phenoxy) is 1. The Bertz CT molecular complexity index is 1800. The minimum Gasteiger partial charge on any atom is -0.462 e. The van der Waals surface area contributed by atoms with Crippen molar-refractivity contribution in [1.82, 2.24) is 14.5 Å². The highest BCUT2D eigenvalue weighted by Gasteiger charge is 2.20. The Labute approximate surface area is 202 Å². The molecule has 0 atom stereocenters. The predicted molar refractivity (Wildman–Crippen MR) is 142 cm³/mol. The number of fused-ring (bicyclic) bond motifs is 5. The molecule has 0 aliphatic rings. The maximum absolute atomic E-state index is 13.3. The number of para-hydroxylation sites is 3. The van der Waals surface area contributed by atoms with E-state index in [0.29, 0.717) is 12.2 Å². The second-order valence-corrected chi connectivity index (χ2v) is 8.54. The summed E-state index contributed by atoms with van der Waals surface area (Å²) in [6.45, 7) is 2.12. The van der Waals surface area contributed by atoms with Gasteiger partial charge in [0.15, 0.2) is 0 Å². The van der Waals surface area contributed by atoms with Gasteiger partial charge in [0.2, 0.25) is 0 Å². The number of hydrogen-bond donors (Lipinski definition) is 0. The second kappa shape index (κ2) is 8.37. The molecule has 0 aliphatic heterocycles. The van der Waals surface area contributed by atoms with E-state index in [1.165, 1.54) is 0 Å². The molecular weight excluding hydrogens is 434 g/mol. The molecule has 0 saturated heterocycles. The van der Waals surface area contributed by atoms with Crippen molar-refractivity contribution >= 4 is 61.4 Å². The van der Waals surface area contributed by atoms with Gasteiger partial charge in [-0.25, -0.2) is 14.8 Å². The van der Waals surface area contributed by atoms with Crippen molar-refractivity contribution in [2.24, 2.45) is 7.05 Å². The lowest BCUT2D eigenvalue weighted by molar-refractivity contribution is -0.136. The van der Waals surface area contributed by atoms with Crippen molar-refractivity contribution in [3.63, 3.8) is 0 Å². The lowest BCUT2D eigenvalue weighted by atomic mass is 9.95. The van der Waals surface area contributed by atoms with Gasteiger partial charge in [0.25, 0.3) is 0 Å². The maximum atomic E-state index is 13.3. The van der Waals surface area contributed by atoms with Crippen LogP contribution in [0.15, 0.2) is 85.1 Å². The Balaban J connectivity index is 1.68. The first-order valence-corrected chi connectivity index (χ1v) is 11.7. The van der Waals surface area contributed by atoms with Crippen molar-refractivity contribution in [2.45, 2.75) is 6.92 Å². The zero-order chi connectivity index (χ0) is 23.9. The summed E-state index contributed by atoms with van der Waals surface area (Å²) in [6, 6.07) is 26.0. The van der Waals surface area contributed by atoms with Crippen LogP contribution in [0.3, 0.4) is 0 Å². The van der Waals surface area contributed by atoms with Crippen LogP contribution >= 0.6 is 0 Å². The summed E-state index contributed by atoms with van der Waals surface area (Å²) in [5.41, 5.74) is 6.55. The summed E-state index contributed by atoms with van der Waals surface area (Å²) in [5.74, 6) is -0.362. The van der Waals surface area contributed by atoms with Crippen LogP contribution < -0.4 is 0 Å². The molecular formula is C30H23N3O2. The van der Waals surface area contributed by atoms with Gasteiger partial charge in [-0.05, 0) is 48.2 Å². The fourth-order valence-electron chi connectivity index (χ4n) is 4.77. The Morgan fingerprint density at radius 3 is 2.29 bits per heavy atom. The first kappa shape index (κ1) is 21.1. The van der Waals surface area contributed by atoms with Crippen molar-refractivity contribution in [2.75, 3.05) is 6.61 Å². The van der Waals surface area contributed by atoms with E-state index in [4.69, 9.17) is 14.7 Å². The van der Waals surface area contributed by atoms with E-state index >= 15 is 0 Å². The molecule has 0 fully saturated rings. The van der Waals surface area contributed by atoms with Crippen LogP contribution in [0.1, 0.15) is 18.1 Å². The summed E-state index contributed by atoms with van der Waals surface area (Å²) in [7, 11) is 2.01. The molecule has 0 aliphatic carbocycles. The Hall–Kier alpha value is -4.51. The Kier molecular flexibility index (Phi) is 5.03. The van der Waals surface area contributed by atoms with Crippen LogP contribution in [0, 0.1) is 0 Å². The molecule has 0 spiro atoms. The molecule has 4 aromatic carbocycles. The zero-order valence-corrected chi connectivity index (χ0v) is 19.5. The summed E-state index contributed by atoms with van der Waals surface area (Å²) < 4.78 is 7.60. The van der Waals surface area contributed by atoms with Gasteiger partial charge < -0.3 is 9.30 Å². The molecule has 0 unspecified atom stereocenters. The van der Waals surface area contributed by atoms with Crippen LogP contribution in [0.2, 0.25) is 0 Å². The van der Waals surface area contributed by atoms with Gasteiger partial charge in [0, 0.05) is 35.1 Å². The van der Waals surface area contributed by atoms with E-state index in [1.807, 2.05) is 93.0 Å². The third-order valence-electron chi connectivity index (χ3n) is 6.36. The molecule has 0 bridgehead atoms. The maximum Gasteiger partial charge on any atom is 0.338 e. The molecule has 0 N–H and O–H groups in total. The average Bonchev–Trinajstić information content (AvgIpc) is 3.21. The molecule has 5 heteroatoms. The van der Waals surface area contributed by atoms with Crippen LogP contribution in [-0.4, -0.2) is 27.1 Å². The molecule has 5 nitrogen and oxygen atoms in total. The van der Waals surface area contributed by atoms with Crippen LogP contribution in [0.5, 0.6) is 0 Å². The molecule has 6 rings (SSSR count). The number of carbonyl (C=O) groups is 1. The molecule has 2 aromatic heterocycles. The molecule has 2 heterocycles.